The molecule has 0 saturated heterocycles. The number of nitrogens with one attached hydrogen (secondary N) is 1. The Kier molecular flexibility index (Phi) is 3.27. The largest absolute Gasteiger partial charge is 0.388 e. The molecule has 0 aliphatic heterocycles. The van der Waals surface area contributed by atoms with Crippen LogP contribution >= 0.6 is 0 Å². The van der Waals surface area contributed by atoms with Crippen LogP contribution in [-0.2, 0) is 6.54 Å². The Labute approximate surface area is 135 Å². The van der Waals surface area contributed by atoms with Crippen LogP contribution in [0.1, 0.15) is 6.92 Å². The molecule has 0 aliphatic rings. The lowest BCUT2D eigenvalue weighted by Gasteiger charge is -2.07. The predicted octanol–water partition coefficient (Wildman–Crippen LogP) is 4.92. The molecule has 1 heterocycles. The average Bonchev–Trinajstić information content (AvgIpc) is 3.00. The molecule has 0 aliphatic carbocycles. The molecule has 0 saturated carbocycles. The highest BCUT2D eigenvalue weighted by Crippen LogP contribution is 2.30. The van der Waals surface area contributed by atoms with Crippen molar-refractivity contribution in [1.29, 1.82) is 0 Å². The van der Waals surface area contributed by atoms with Crippen LogP contribution < -0.4 is 5.32 Å². The number of benzene rings is 3. The van der Waals surface area contributed by atoms with Crippen molar-refractivity contribution in [3.63, 3.8) is 0 Å². The molecule has 3 aromatic carbocycles. The van der Waals surface area contributed by atoms with E-state index in [-0.39, 0.29) is 0 Å². The standard InChI is InChI=1S/C20H19N3/c1-3-23-18-13-10-14-6-4-5-7-17(14)19(18)22-20(23)15-8-11-16(21-2)12-9-15/h4-13,21H,3H2,1-2H3. The number of imidazole rings is 1. The second kappa shape index (κ2) is 5.43. The monoisotopic (exact) mass is 301 g/mol. The van der Waals surface area contributed by atoms with E-state index in [4.69, 9.17) is 4.98 Å². The summed E-state index contributed by atoms with van der Waals surface area (Å²) < 4.78 is 2.29. The highest BCUT2D eigenvalue weighted by atomic mass is 15.1. The first-order valence-electron chi connectivity index (χ1n) is 7.98. The maximum absolute atomic E-state index is 4.98. The molecular weight excluding hydrogens is 282 g/mol. The van der Waals surface area contributed by atoms with Crippen molar-refractivity contribution in [3.8, 4) is 11.4 Å². The Hall–Kier alpha value is -2.81. The molecule has 3 nitrogen and oxygen atoms in total. The summed E-state index contributed by atoms with van der Waals surface area (Å²) >= 11 is 0. The van der Waals surface area contributed by atoms with Crippen molar-refractivity contribution in [2.45, 2.75) is 13.5 Å². The first kappa shape index (κ1) is 13.8. The van der Waals surface area contributed by atoms with Crippen LogP contribution in [0.15, 0.2) is 60.7 Å². The molecule has 3 heteroatoms. The summed E-state index contributed by atoms with van der Waals surface area (Å²) in [4.78, 5) is 4.98. The SMILES string of the molecule is CCn1c(-c2ccc(NC)cc2)nc2c3ccccc3ccc21. The third kappa shape index (κ3) is 2.16. The summed E-state index contributed by atoms with van der Waals surface area (Å²) in [6, 6.07) is 21.2. The second-order valence-corrected chi connectivity index (χ2v) is 5.66. The van der Waals surface area contributed by atoms with E-state index in [0.29, 0.717) is 0 Å². The zero-order chi connectivity index (χ0) is 15.8. The summed E-state index contributed by atoms with van der Waals surface area (Å²) in [6.45, 7) is 3.07. The van der Waals surface area contributed by atoms with Gasteiger partial charge in [-0.05, 0) is 42.6 Å². The van der Waals surface area contributed by atoms with E-state index in [1.807, 2.05) is 7.05 Å². The van der Waals surface area contributed by atoms with E-state index in [1.54, 1.807) is 0 Å². The Balaban J connectivity index is 2.00. The van der Waals surface area contributed by atoms with Gasteiger partial charge in [0.05, 0.1) is 11.0 Å². The van der Waals surface area contributed by atoms with Crippen molar-refractivity contribution in [1.82, 2.24) is 9.55 Å². The predicted molar refractivity (Wildman–Crippen MR) is 97.9 cm³/mol. The third-order valence-corrected chi connectivity index (χ3v) is 4.39. The molecule has 0 radical (unpaired) electrons. The molecule has 0 spiro atoms. The summed E-state index contributed by atoms with van der Waals surface area (Å²) in [5.74, 6) is 1.03. The quantitative estimate of drug-likeness (QED) is 0.582. The summed E-state index contributed by atoms with van der Waals surface area (Å²) in [5, 5.41) is 5.61. The van der Waals surface area contributed by atoms with Gasteiger partial charge in [0.1, 0.15) is 5.82 Å². The zero-order valence-electron chi connectivity index (χ0n) is 13.4. The van der Waals surface area contributed by atoms with Crippen LogP contribution in [0.4, 0.5) is 5.69 Å². The fourth-order valence-corrected chi connectivity index (χ4v) is 3.19. The number of hydrogen-bond donors (Lipinski definition) is 1. The number of hydrogen-bond acceptors (Lipinski definition) is 2. The van der Waals surface area contributed by atoms with Crippen molar-refractivity contribution in [2.75, 3.05) is 12.4 Å². The van der Waals surface area contributed by atoms with Gasteiger partial charge in [0.25, 0.3) is 0 Å². The molecule has 0 unspecified atom stereocenters. The van der Waals surface area contributed by atoms with E-state index >= 15 is 0 Å². The lowest BCUT2D eigenvalue weighted by atomic mass is 10.1. The number of aryl methyl sites for hydroxylation is 1. The van der Waals surface area contributed by atoms with Gasteiger partial charge in [-0.2, -0.15) is 0 Å². The molecule has 0 atom stereocenters. The summed E-state index contributed by atoms with van der Waals surface area (Å²) in [7, 11) is 1.93. The molecule has 4 rings (SSSR count). The minimum atomic E-state index is 0.901. The molecular formula is C20H19N3. The molecule has 1 aromatic heterocycles. The number of anilines is 1. The number of rotatable bonds is 3. The van der Waals surface area contributed by atoms with Gasteiger partial charge in [0, 0.05) is 30.2 Å². The minimum Gasteiger partial charge on any atom is -0.388 e. The molecule has 114 valence electrons. The van der Waals surface area contributed by atoms with Crippen molar-refractivity contribution in [2.24, 2.45) is 0 Å². The van der Waals surface area contributed by atoms with E-state index in [2.05, 4.69) is 77.5 Å². The Morgan fingerprint density at radius 3 is 2.48 bits per heavy atom. The first-order chi connectivity index (χ1) is 11.3. The first-order valence-corrected chi connectivity index (χ1v) is 7.98. The normalized spacial score (nSPS) is 11.2. The second-order valence-electron chi connectivity index (χ2n) is 5.66. The van der Waals surface area contributed by atoms with Crippen molar-refractivity contribution >= 4 is 27.5 Å². The summed E-state index contributed by atoms with van der Waals surface area (Å²) in [5.41, 5.74) is 4.53. The lowest BCUT2D eigenvalue weighted by molar-refractivity contribution is 0.796. The topological polar surface area (TPSA) is 29.9 Å². The average molecular weight is 301 g/mol. The minimum absolute atomic E-state index is 0.901. The van der Waals surface area contributed by atoms with Gasteiger partial charge in [-0.15, -0.1) is 0 Å². The molecule has 0 bridgehead atoms. The number of nitrogens with zero attached hydrogens (tertiary/aromatic N) is 2. The van der Waals surface area contributed by atoms with E-state index in [9.17, 15) is 0 Å². The Morgan fingerprint density at radius 1 is 0.957 bits per heavy atom. The van der Waals surface area contributed by atoms with Crippen molar-refractivity contribution < 1.29 is 0 Å². The number of fused-ring (bicyclic) bond motifs is 3. The van der Waals surface area contributed by atoms with Gasteiger partial charge >= 0.3 is 0 Å². The molecule has 0 amide bonds. The highest BCUT2D eigenvalue weighted by molar-refractivity contribution is 6.05. The van der Waals surface area contributed by atoms with Gasteiger partial charge in [0.2, 0.25) is 0 Å². The maximum atomic E-state index is 4.98. The van der Waals surface area contributed by atoms with Gasteiger partial charge in [-0.25, -0.2) is 4.98 Å². The van der Waals surface area contributed by atoms with Crippen LogP contribution in [0, 0.1) is 0 Å². The number of aromatic nitrogens is 2. The van der Waals surface area contributed by atoms with Gasteiger partial charge < -0.3 is 9.88 Å². The lowest BCUT2D eigenvalue weighted by Crippen LogP contribution is -1.97. The molecule has 23 heavy (non-hydrogen) atoms. The van der Waals surface area contributed by atoms with E-state index in [1.165, 1.54) is 16.3 Å². The van der Waals surface area contributed by atoms with Gasteiger partial charge in [0.15, 0.2) is 0 Å². The third-order valence-electron chi connectivity index (χ3n) is 4.39. The Morgan fingerprint density at radius 2 is 1.74 bits per heavy atom. The van der Waals surface area contributed by atoms with Crippen LogP contribution in [-0.4, -0.2) is 16.6 Å². The molecule has 4 aromatic rings. The van der Waals surface area contributed by atoms with Crippen LogP contribution in [0.25, 0.3) is 33.2 Å². The Bertz CT molecular complexity index is 981. The van der Waals surface area contributed by atoms with Gasteiger partial charge in [-0.3, -0.25) is 0 Å². The van der Waals surface area contributed by atoms with Crippen LogP contribution in [0.5, 0.6) is 0 Å². The molecule has 0 fully saturated rings. The smallest absolute Gasteiger partial charge is 0.141 e. The van der Waals surface area contributed by atoms with Crippen molar-refractivity contribution in [3.05, 3.63) is 60.7 Å². The maximum Gasteiger partial charge on any atom is 0.141 e. The fourth-order valence-electron chi connectivity index (χ4n) is 3.19. The van der Waals surface area contributed by atoms with Gasteiger partial charge in [-0.1, -0.05) is 30.3 Å². The van der Waals surface area contributed by atoms with E-state index < -0.39 is 0 Å². The zero-order valence-corrected chi connectivity index (χ0v) is 13.4. The molecule has 1 N–H and O–H groups in total. The van der Waals surface area contributed by atoms with Crippen LogP contribution in [0.3, 0.4) is 0 Å². The fraction of sp³-hybridized carbons (Fsp3) is 0.150. The summed E-state index contributed by atoms with van der Waals surface area (Å²) in [6.07, 6.45) is 0. The van der Waals surface area contributed by atoms with E-state index in [0.717, 1.165) is 29.1 Å². The highest BCUT2D eigenvalue weighted by Gasteiger charge is 2.13. The van der Waals surface area contributed by atoms with Crippen LogP contribution in [0.2, 0.25) is 0 Å².